The van der Waals surface area contributed by atoms with Crippen molar-refractivity contribution < 1.29 is 9.53 Å². The first-order chi connectivity index (χ1) is 13.0. The van der Waals surface area contributed by atoms with Crippen LogP contribution in [0.3, 0.4) is 0 Å². The Labute approximate surface area is 158 Å². The largest absolute Gasteiger partial charge is 0.492 e. The summed E-state index contributed by atoms with van der Waals surface area (Å²) < 4.78 is 5.91. The number of pyridine rings is 1. The van der Waals surface area contributed by atoms with Crippen LogP contribution in [0.25, 0.3) is 0 Å². The highest BCUT2D eigenvalue weighted by Crippen LogP contribution is 2.23. The second-order valence-corrected chi connectivity index (χ2v) is 6.74. The minimum Gasteiger partial charge on any atom is -0.492 e. The van der Waals surface area contributed by atoms with E-state index in [1.54, 1.807) is 24.3 Å². The third-order valence-electron chi connectivity index (χ3n) is 4.44. The van der Waals surface area contributed by atoms with E-state index >= 15 is 0 Å². The van der Waals surface area contributed by atoms with Crippen LogP contribution in [0.15, 0.2) is 36.4 Å². The zero-order valence-electron chi connectivity index (χ0n) is 15.5. The van der Waals surface area contributed by atoms with Crippen LogP contribution < -0.4 is 10.1 Å². The summed E-state index contributed by atoms with van der Waals surface area (Å²) in [4.78, 5) is 18.7. The summed E-state index contributed by atoms with van der Waals surface area (Å²) in [6, 6.07) is 10.6. The number of ether oxygens (including phenoxy) is 1. The molecule has 1 aliphatic rings. The van der Waals surface area contributed by atoms with Gasteiger partial charge in [0.1, 0.15) is 17.3 Å². The van der Waals surface area contributed by atoms with Crippen molar-refractivity contribution >= 4 is 23.9 Å². The summed E-state index contributed by atoms with van der Waals surface area (Å²) >= 11 is 0. The van der Waals surface area contributed by atoms with Gasteiger partial charge in [0.05, 0.1) is 18.5 Å². The fourth-order valence-corrected chi connectivity index (χ4v) is 2.83. The molecule has 1 aromatic carbocycles. The van der Waals surface area contributed by atoms with E-state index in [1.165, 1.54) is 4.90 Å². The maximum atomic E-state index is 12.8. The van der Waals surface area contributed by atoms with E-state index in [9.17, 15) is 4.79 Å². The lowest BCUT2D eigenvalue weighted by Gasteiger charge is -2.23. The second kappa shape index (κ2) is 7.99. The number of rotatable bonds is 1. The highest BCUT2D eigenvalue weighted by molar-refractivity contribution is 6.06. The van der Waals surface area contributed by atoms with Gasteiger partial charge < -0.3 is 15.0 Å². The van der Waals surface area contributed by atoms with Crippen molar-refractivity contribution in [1.29, 1.82) is 10.8 Å². The van der Waals surface area contributed by atoms with Crippen molar-refractivity contribution in [2.45, 2.75) is 20.3 Å². The molecule has 1 aliphatic heterocycles. The van der Waals surface area contributed by atoms with Gasteiger partial charge in [0, 0.05) is 6.54 Å². The van der Waals surface area contributed by atoms with Crippen LogP contribution in [0.5, 0.6) is 5.75 Å². The smallest absolute Gasteiger partial charge is 0.260 e. The quantitative estimate of drug-likeness (QED) is 0.533. The number of aromatic nitrogens is 1. The van der Waals surface area contributed by atoms with E-state index in [-0.39, 0.29) is 17.7 Å². The molecule has 0 spiro atoms. The van der Waals surface area contributed by atoms with Crippen molar-refractivity contribution in [3.63, 3.8) is 0 Å². The predicted octanol–water partition coefficient (Wildman–Crippen LogP) is 3.30. The third-order valence-corrected chi connectivity index (χ3v) is 4.44. The topological polar surface area (TPSA) is 102 Å². The fourth-order valence-electron chi connectivity index (χ4n) is 2.83. The Morgan fingerprint density at radius 3 is 2.93 bits per heavy atom. The number of fused-ring (bicyclic) bond motifs is 3. The maximum absolute atomic E-state index is 12.8. The molecule has 27 heavy (non-hydrogen) atoms. The number of nitrogens with zero attached hydrogens (tertiary/aromatic N) is 2. The number of amidine groups is 1. The van der Waals surface area contributed by atoms with Gasteiger partial charge >= 0.3 is 0 Å². The number of amides is 1. The molecule has 0 fully saturated rings. The number of hydrogen-bond donors (Lipinski definition) is 3. The number of benzene rings is 1. The van der Waals surface area contributed by atoms with Gasteiger partial charge in [0.25, 0.3) is 5.91 Å². The Kier molecular flexibility index (Phi) is 5.49. The lowest BCUT2D eigenvalue weighted by molar-refractivity contribution is 0.102. The monoisotopic (exact) mass is 365 g/mol. The second-order valence-electron chi connectivity index (χ2n) is 6.74. The zero-order chi connectivity index (χ0) is 19.4. The number of carbonyl (C=O) groups excluding carboxylic acids is 1. The van der Waals surface area contributed by atoms with E-state index in [0.717, 1.165) is 18.3 Å². The highest BCUT2D eigenvalue weighted by atomic mass is 16.5. The molecule has 1 atom stereocenters. The van der Waals surface area contributed by atoms with Gasteiger partial charge in [0.2, 0.25) is 0 Å². The van der Waals surface area contributed by atoms with Gasteiger partial charge in [-0.15, -0.1) is 0 Å². The molecular formula is C20H23N5O2. The van der Waals surface area contributed by atoms with Gasteiger partial charge in [-0.05, 0) is 43.5 Å². The molecule has 0 unspecified atom stereocenters. The number of carbonyl (C=O) groups is 1. The van der Waals surface area contributed by atoms with Crippen LogP contribution in [-0.2, 0) is 0 Å². The summed E-state index contributed by atoms with van der Waals surface area (Å²) in [5.74, 6) is 0.903. The SMILES string of the molecule is Cc1ccc2c(c1)C(=O)Nc1cccc(n1)C(=N)N(C=N)CC[C@H](C)CO2. The molecule has 0 aliphatic carbocycles. The molecule has 3 N–H and O–H groups in total. The lowest BCUT2D eigenvalue weighted by Crippen LogP contribution is -2.32. The first-order valence-corrected chi connectivity index (χ1v) is 8.86. The summed E-state index contributed by atoms with van der Waals surface area (Å²) in [6.07, 6.45) is 1.87. The van der Waals surface area contributed by atoms with Crippen LogP contribution in [0.2, 0.25) is 0 Å². The van der Waals surface area contributed by atoms with Crippen molar-refractivity contribution in [2.24, 2.45) is 5.92 Å². The first kappa shape index (κ1) is 18.6. The fraction of sp³-hybridized carbons (Fsp3) is 0.300. The van der Waals surface area contributed by atoms with Crippen molar-refractivity contribution in [2.75, 3.05) is 18.5 Å². The van der Waals surface area contributed by atoms with Gasteiger partial charge in [0.15, 0.2) is 5.84 Å². The summed E-state index contributed by atoms with van der Waals surface area (Å²) in [7, 11) is 0. The van der Waals surface area contributed by atoms with E-state index in [0.29, 0.717) is 36.0 Å². The molecule has 140 valence electrons. The Balaban J connectivity index is 2.01. The lowest BCUT2D eigenvalue weighted by atomic mass is 10.1. The standard InChI is InChI=1S/C20H23N5O2/c1-13-6-7-17-15(10-13)20(26)24-18-5-3-4-16(23-18)19(22)25(12-21)9-8-14(2)11-27-17/h3-7,10,12,14,21-22H,8-9,11H2,1-2H3,(H,23,24,26)/t14-/m0/s1. The summed E-state index contributed by atoms with van der Waals surface area (Å²) in [5.41, 5.74) is 1.83. The number of hydrogen-bond acceptors (Lipinski definition) is 5. The molecule has 0 radical (unpaired) electrons. The summed E-state index contributed by atoms with van der Waals surface area (Å²) in [5, 5.41) is 18.7. The maximum Gasteiger partial charge on any atom is 0.260 e. The molecule has 0 saturated heterocycles. The highest BCUT2D eigenvalue weighted by Gasteiger charge is 2.18. The van der Waals surface area contributed by atoms with Crippen LogP contribution >= 0.6 is 0 Å². The molecule has 0 saturated carbocycles. The van der Waals surface area contributed by atoms with E-state index in [4.69, 9.17) is 15.6 Å². The molecule has 7 heteroatoms. The molecular weight excluding hydrogens is 342 g/mol. The Bertz CT molecular complexity index is 880. The zero-order valence-corrected chi connectivity index (χ0v) is 15.5. The summed E-state index contributed by atoms with van der Waals surface area (Å²) in [6.45, 7) is 4.94. The third kappa shape index (κ3) is 4.31. The van der Waals surface area contributed by atoms with Gasteiger partial charge in [-0.2, -0.15) is 0 Å². The number of aryl methyl sites for hydroxylation is 1. The molecule has 7 nitrogen and oxygen atoms in total. The Morgan fingerprint density at radius 2 is 2.15 bits per heavy atom. The molecule has 1 amide bonds. The number of nitrogens with one attached hydrogen (secondary N) is 3. The minimum atomic E-state index is -0.307. The normalized spacial score (nSPS) is 18.0. The molecule has 2 bridgehead atoms. The van der Waals surface area contributed by atoms with E-state index < -0.39 is 0 Å². The van der Waals surface area contributed by atoms with E-state index in [2.05, 4.69) is 10.3 Å². The molecule has 1 aromatic heterocycles. The van der Waals surface area contributed by atoms with Crippen molar-refractivity contribution in [3.05, 3.63) is 53.2 Å². The van der Waals surface area contributed by atoms with Crippen LogP contribution in [0.1, 0.15) is 35.0 Å². The first-order valence-electron chi connectivity index (χ1n) is 8.86. The van der Waals surface area contributed by atoms with Gasteiger partial charge in [-0.3, -0.25) is 15.6 Å². The Hall–Kier alpha value is -3.22. The minimum absolute atomic E-state index is 0.127. The average molecular weight is 365 g/mol. The molecule has 2 heterocycles. The van der Waals surface area contributed by atoms with Crippen molar-refractivity contribution in [3.8, 4) is 5.75 Å². The van der Waals surface area contributed by atoms with Gasteiger partial charge in [-0.25, -0.2) is 4.98 Å². The average Bonchev–Trinajstić information content (AvgIpc) is 2.66. The molecule has 2 aromatic rings. The van der Waals surface area contributed by atoms with E-state index in [1.807, 2.05) is 26.0 Å². The Morgan fingerprint density at radius 1 is 1.33 bits per heavy atom. The van der Waals surface area contributed by atoms with Gasteiger partial charge in [-0.1, -0.05) is 24.6 Å². The van der Waals surface area contributed by atoms with Crippen LogP contribution in [-0.4, -0.2) is 41.1 Å². The predicted molar refractivity (Wildman–Crippen MR) is 105 cm³/mol. The number of anilines is 1. The van der Waals surface area contributed by atoms with Crippen molar-refractivity contribution in [1.82, 2.24) is 9.88 Å². The molecule has 3 rings (SSSR count). The van der Waals surface area contributed by atoms with Crippen LogP contribution in [0.4, 0.5) is 5.82 Å². The van der Waals surface area contributed by atoms with Crippen LogP contribution in [0, 0.1) is 23.7 Å².